The molecule has 64 heavy (non-hydrogen) atoms. The van der Waals surface area contributed by atoms with Gasteiger partial charge in [-0.15, -0.1) is 0 Å². The van der Waals surface area contributed by atoms with E-state index in [1.807, 2.05) is 0 Å². The summed E-state index contributed by atoms with van der Waals surface area (Å²) in [6, 6.07) is 0. The molecule has 342 valence electrons. The van der Waals surface area contributed by atoms with Gasteiger partial charge in [0.1, 0.15) is 0 Å². The second-order valence-corrected chi connectivity index (χ2v) is 29.0. The Morgan fingerprint density at radius 3 is 0.906 bits per heavy atom. The third kappa shape index (κ3) is 16.9. The predicted molar refractivity (Wildman–Crippen MR) is 195 cm³/mol. The van der Waals surface area contributed by atoms with E-state index < -0.39 is 215 Å². The van der Waals surface area contributed by atoms with E-state index in [1.165, 1.54) is 29.4 Å². The molecule has 8 aliphatic rings. The van der Waals surface area contributed by atoms with Crippen molar-refractivity contribution in [1.82, 2.24) is 29.4 Å². The standard InChI is InChI=1S/3C10H16N2O8.4In/c3*13-7(14)3-11(4-8(15)16)1-2-12(5-9(17)18)6-10(19)20;;;;/h3*1-6H2,(H,13,14)(H,15,16)(H,17,18)(H,19,20);;;;/q;;;4*+3/p-12. The van der Waals surface area contributed by atoms with Crippen LogP contribution in [-0.2, 0) is 91.8 Å². The molecule has 34 heteroatoms. The van der Waals surface area contributed by atoms with Crippen molar-refractivity contribution in [3.8, 4) is 0 Å². The van der Waals surface area contributed by atoms with Crippen LogP contribution in [0, 0.1) is 0 Å². The molecule has 0 atom stereocenters. The summed E-state index contributed by atoms with van der Waals surface area (Å²) in [7, 11) is 0. The number of rotatable bonds is 9. The number of fused-ring (bicyclic) bond motifs is 18. The van der Waals surface area contributed by atoms with Gasteiger partial charge in [0.25, 0.3) is 0 Å². The van der Waals surface area contributed by atoms with Gasteiger partial charge in [-0.25, -0.2) is 0 Å². The van der Waals surface area contributed by atoms with E-state index in [4.69, 9.17) is 34.3 Å². The average molecular weight is 1320 g/mol. The topological polar surface area (TPSA) is 335 Å². The summed E-state index contributed by atoms with van der Waals surface area (Å²) < 4.78 is 61.9. The van der Waals surface area contributed by atoms with Gasteiger partial charge in [-0.3, -0.25) is 0 Å². The third-order valence-corrected chi connectivity index (χ3v) is 24.8. The van der Waals surface area contributed by atoms with Crippen LogP contribution < -0.4 is 0 Å². The molecule has 0 spiro atoms. The first-order chi connectivity index (χ1) is 30.5. The zero-order valence-corrected chi connectivity index (χ0v) is 46.7. The number of hydrogen-bond acceptors (Lipinski definition) is 30. The quantitative estimate of drug-likeness (QED) is 0.207. The molecule has 0 saturated carbocycles. The Morgan fingerprint density at radius 1 is 0.359 bits per heavy atom. The van der Waals surface area contributed by atoms with Crippen LogP contribution in [0.4, 0.5) is 0 Å². The first kappa shape index (κ1) is 50.3. The van der Waals surface area contributed by atoms with E-state index in [-0.39, 0.29) is 65.4 Å². The normalized spacial score (nSPS) is 22.6. The molecule has 0 radical (unpaired) electrons. The van der Waals surface area contributed by atoms with Crippen molar-refractivity contribution in [3.63, 3.8) is 0 Å². The zero-order chi connectivity index (χ0) is 45.9. The second kappa shape index (κ2) is 24.1. The third-order valence-electron chi connectivity index (χ3n) is 9.16. The maximum absolute atomic E-state index is 12.9. The van der Waals surface area contributed by atoms with Crippen molar-refractivity contribution in [2.45, 2.75) is 0 Å². The number of hydrogen-bond donors (Lipinski definition) is 0. The van der Waals surface area contributed by atoms with Gasteiger partial charge in [-0.1, -0.05) is 0 Å². The van der Waals surface area contributed by atoms with Crippen LogP contribution in [0.5, 0.6) is 0 Å². The van der Waals surface area contributed by atoms with Crippen LogP contribution in [0.15, 0.2) is 0 Å². The number of carbonyl (C=O) groups excluding carboxylic acids is 12. The predicted octanol–water partition coefficient (Wildman–Crippen LogP) is -8.66. The van der Waals surface area contributed by atoms with Crippen molar-refractivity contribution < 1.29 is 91.8 Å². The van der Waals surface area contributed by atoms with Gasteiger partial charge in [-0.2, -0.15) is 0 Å². The van der Waals surface area contributed by atoms with Crippen LogP contribution in [0.25, 0.3) is 0 Å². The van der Waals surface area contributed by atoms with Crippen LogP contribution in [0.2, 0.25) is 0 Å². The number of carbonyl (C=O) groups is 12. The van der Waals surface area contributed by atoms with E-state index >= 15 is 0 Å². The molecule has 0 aromatic rings. The van der Waals surface area contributed by atoms with Gasteiger partial charge in [0.2, 0.25) is 0 Å². The molecule has 0 N–H and O–H groups in total. The molecule has 30 nitrogen and oxygen atoms in total. The zero-order valence-electron chi connectivity index (χ0n) is 33.5. The van der Waals surface area contributed by atoms with E-state index in [9.17, 15) is 57.5 Å². The molecule has 8 rings (SSSR count). The minimum atomic E-state index is -4.61. The molecule has 8 heterocycles. The van der Waals surface area contributed by atoms with Gasteiger partial charge in [0.15, 0.2) is 0 Å². The van der Waals surface area contributed by atoms with Crippen molar-refractivity contribution in [2.75, 3.05) is 118 Å². The van der Waals surface area contributed by atoms with Crippen molar-refractivity contribution in [2.24, 2.45) is 0 Å². The molecule has 8 aliphatic heterocycles. The van der Waals surface area contributed by atoms with Crippen LogP contribution >= 0.6 is 0 Å². The Labute approximate surface area is 398 Å². The Balaban J connectivity index is 0.934. The molecular formula is C30H36In4N6O24. The van der Waals surface area contributed by atoms with Gasteiger partial charge < -0.3 is 0 Å². The van der Waals surface area contributed by atoms with Crippen LogP contribution in [0.3, 0.4) is 0 Å². The summed E-state index contributed by atoms with van der Waals surface area (Å²) in [4.78, 5) is 158. The summed E-state index contributed by atoms with van der Waals surface area (Å²) in [6.07, 6.45) is 0. The first-order valence-corrected chi connectivity index (χ1v) is 35.3. The maximum atomic E-state index is 12.9. The van der Waals surface area contributed by atoms with Crippen molar-refractivity contribution >= 4 is 163 Å². The molecule has 4 bridgehead atoms. The van der Waals surface area contributed by atoms with Crippen LogP contribution in [0.1, 0.15) is 0 Å². The fourth-order valence-electron chi connectivity index (χ4n) is 6.35. The summed E-state index contributed by atoms with van der Waals surface area (Å²) in [5.41, 5.74) is 0. The van der Waals surface area contributed by atoms with E-state index in [2.05, 4.69) is 0 Å². The summed E-state index contributed by atoms with van der Waals surface area (Å²) in [6.45, 7) is -5.23. The van der Waals surface area contributed by atoms with E-state index in [0.717, 1.165) is 0 Å². The van der Waals surface area contributed by atoms with Crippen molar-refractivity contribution in [3.05, 3.63) is 0 Å². The Kier molecular flexibility index (Phi) is 18.9. The second-order valence-electron chi connectivity index (χ2n) is 14.3. The summed E-state index contributed by atoms with van der Waals surface area (Å²) in [5, 5.41) is 0. The fraction of sp³-hybridized carbons (Fsp3) is 0.600. The fourth-order valence-corrected chi connectivity index (χ4v) is 17.9. The van der Waals surface area contributed by atoms with Gasteiger partial charge in [0, 0.05) is 0 Å². The molecule has 0 amide bonds. The van der Waals surface area contributed by atoms with Gasteiger partial charge in [-0.05, 0) is 0 Å². The number of nitrogens with zero attached hydrogens (tertiary/aromatic N) is 6. The monoisotopic (exact) mass is 1320 g/mol. The van der Waals surface area contributed by atoms with E-state index in [1.54, 1.807) is 0 Å². The minimum absolute atomic E-state index is 0.0183. The molecule has 8 saturated heterocycles. The van der Waals surface area contributed by atoms with Gasteiger partial charge >= 0.3 is 402 Å². The molecular weight excluding hydrogens is 1290 g/mol. The van der Waals surface area contributed by atoms with E-state index in [0.29, 0.717) is 0 Å². The molecule has 0 aliphatic carbocycles. The Bertz CT molecular complexity index is 1700. The molecule has 0 unspecified atom stereocenters. The Hall–Kier alpha value is -3.12. The Morgan fingerprint density at radius 2 is 0.609 bits per heavy atom. The SMILES string of the molecule is O=C(CN1CCN2CC(=O)[O][In]([O]C(=O)C2)[O]C(=O)C1)[O][In]1[O]C(=O)CN(CCN2CC(=O)[O][In]([O]C(=O)CN3CCN4CC(=O)[O][In]([O]C(=O)C4)[O]C(=O)C3)[O]C(=O)C2)CC(=O)[O]1. The summed E-state index contributed by atoms with van der Waals surface area (Å²) >= 11 is -17.8. The molecule has 8 fully saturated rings. The van der Waals surface area contributed by atoms with Crippen molar-refractivity contribution in [1.29, 1.82) is 0 Å². The molecule has 0 aromatic heterocycles. The first-order valence-electron chi connectivity index (χ1n) is 19.2. The average Bonchev–Trinajstić information content (AvgIpc) is 3.21. The molecule has 0 aromatic carbocycles. The van der Waals surface area contributed by atoms with Gasteiger partial charge in [0.05, 0.1) is 0 Å². The summed E-state index contributed by atoms with van der Waals surface area (Å²) in [5.74, 6) is -10.3. The van der Waals surface area contributed by atoms with Crippen LogP contribution in [-0.4, -0.2) is 310 Å².